The fraction of sp³-hybridized carbons (Fsp3) is 0.474. The second kappa shape index (κ2) is 6.16. The Morgan fingerprint density at radius 3 is 2.76 bits per heavy atom. The summed E-state index contributed by atoms with van der Waals surface area (Å²) in [5.41, 5.74) is 1.30. The lowest BCUT2D eigenvalue weighted by atomic mass is 9.77. The molecule has 2 heterocycles. The van der Waals surface area contributed by atoms with Crippen molar-refractivity contribution in [2.45, 2.75) is 36.2 Å². The lowest BCUT2D eigenvalue weighted by molar-refractivity contribution is -0.134. The molecular weight excluding hydrogens is 386 g/mol. The number of ether oxygens (including phenoxy) is 2. The minimum atomic E-state index is -0.456. The van der Waals surface area contributed by atoms with Crippen LogP contribution in [0, 0.1) is 5.92 Å². The quantitative estimate of drug-likeness (QED) is 0.709. The van der Waals surface area contributed by atoms with Gasteiger partial charge in [0.25, 0.3) is 5.91 Å². The first-order valence-electron chi connectivity index (χ1n) is 8.52. The summed E-state index contributed by atoms with van der Waals surface area (Å²) >= 11 is 3.64. The van der Waals surface area contributed by atoms with Gasteiger partial charge in [-0.1, -0.05) is 34.1 Å². The van der Waals surface area contributed by atoms with Crippen LogP contribution in [0.4, 0.5) is 0 Å². The Kier molecular flexibility index (Phi) is 4.10. The van der Waals surface area contributed by atoms with Gasteiger partial charge in [0.05, 0.1) is 24.6 Å². The highest BCUT2D eigenvalue weighted by Crippen LogP contribution is 2.48. The number of hydrogen-bond acceptors (Lipinski definition) is 4. The van der Waals surface area contributed by atoms with E-state index in [0.29, 0.717) is 16.1 Å². The Balaban J connectivity index is 1.80. The van der Waals surface area contributed by atoms with Crippen LogP contribution in [0.25, 0.3) is 0 Å². The van der Waals surface area contributed by atoms with Gasteiger partial charge in [0.2, 0.25) is 0 Å². The van der Waals surface area contributed by atoms with E-state index in [-0.39, 0.29) is 29.5 Å². The normalized spacial score (nSPS) is 31.6. The molecule has 1 aliphatic carbocycles. The molecule has 0 aromatic heterocycles. The molecule has 1 saturated carbocycles. The van der Waals surface area contributed by atoms with Gasteiger partial charge in [-0.05, 0) is 25.3 Å². The molecule has 4 rings (SSSR count). The first-order valence-corrected chi connectivity index (χ1v) is 9.43. The van der Waals surface area contributed by atoms with Crippen LogP contribution in [0.3, 0.4) is 0 Å². The summed E-state index contributed by atoms with van der Waals surface area (Å²) in [5.74, 6) is 0.534. The summed E-state index contributed by atoms with van der Waals surface area (Å²) in [6, 6.07) is 7.05. The van der Waals surface area contributed by atoms with Crippen molar-refractivity contribution >= 4 is 27.6 Å². The van der Waals surface area contributed by atoms with Crippen molar-refractivity contribution in [2.75, 3.05) is 14.2 Å². The van der Waals surface area contributed by atoms with Gasteiger partial charge in [0.1, 0.15) is 11.9 Å². The maximum Gasteiger partial charge on any atom is 0.289 e. The van der Waals surface area contributed by atoms with Crippen molar-refractivity contribution in [1.29, 1.82) is 0 Å². The zero-order chi connectivity index (χ0) is 17.7. The molecule has 6 heteroatoms. The fourth-order valence-electron chi connectivity index (χ4n) is 4.19. The molecule has 3 aliphatic rings. The number of halogens is 1. The molecule has 0 radical (unpaired) electrons. The van der Waals surface area contributed by atoms with Gasteiger partial charge in [0.15, 0.2) is 11.5 Å². The number of ketones is 1. The van der Waals surface area contributed by atoms with E-state index in [9.17, 15) is 9.59 Å². The van der Waals surface area contributed by atoms with Crippen LogP contribution in [-0.4, -0.2) is 41.7 Å². The van der Waals surface area contributed by atoms with E-state index in [1.807, 2.05) is 24.3 Å². The Morgan fingerprint density at radius 1 is 1.24 bits per heavy atom. The lowest BCUT2D eigenvalue weighted by Crippen LogP contribution is -2.41. The summed E-state index contributed by atoms with van der Waals surface area (Å²) in [6.45, 7) is 0. The second-order valence-corrected chi connectivity index (χ2v) is 8.14. The minimum absolute atomic E-state index is 0.0454. The number of rotatable bonds is 2. The molecule has 4 unspecified atom stereocenters. The monoisotopic (exact) mass is 405 g/mol. The van der Waals surface area contributed by atoms with Gasteiger partial charge in [-0.25, -0.2) is 0 Å². The number of methoxy groups -OCH3 is 1. The smallest absolute Gasteiger partial charge is 0.289 e. The Labute approximate surface area is 155 Å². The Hall–Kier alpha value is -1.82. The molecule has 1 amide bonds. The van der Waals surface area contributed by atoms with Crippen molar-refractivity contribution < 1.29 is 19.1 Å². The van der Waals surface area contributed by atoms with Crippen molar-refractivity contribution in [1.82, 2.24) is 4.90 Å². The molecule has 2 aliphatic heterocycles. The highest BCUT2D eigenvalue weighted by Gasteiger charge is 2.52. The summed E-state index contributed by atoms with van der Waals surface area (Å²) in [7, 11) is 3.31. The molecule has 1 aromatic rings. The SMILES string of the molecule is COc1ccccc1C1C2=C(OC3CCC(Br)CC3C2=O)C(=O)N1C. The van der Waals surface area contributed by atoms with Crippen molar-refractivity contribution in [3.05, 3.63) is 41.2 Å². The summed E-state index contributed by atoms with van der Waals surface area (Å²) in [6.07, 6.45) is 2.31. The number of carbonyl (C=O) groups is 2. The van der Waals surface area contributed by atoms with E-state index in [1.165, 1.54) is 0 Å². The number of Topliss-reactive ketones (excluding diaryl/α,β-unsaturated/α-hetero) is 1. The zero-order valence-corrected chi connectivity index (χ0v) is 15.8. The molecular formula is C19H20BrNO4. The molecule has 1 aromatic carbocycles. The summed E-state index contributed by atoms with van der Waals surface area (Å²) in [4.78, 5) is 27.9. The number of carbonyl (C=O) groups excluding carboxylic acids is 2. The maximum atomic E-state index is 13.3. The number of alkyl halides is 1. The molecule has 0 bridgehead atoms. The third kappa shape index (κ3) is 2.49. The predicted molar refractivity (Wildman–Crippen MR) is 95.5 cm³/mol. The maximum absolute atomic E-state index is 13.3. The van der Waals surface area contributed by atoms with E-state index in [2.05, 4.69) is 15.9 Å². The van der Waals surface area contributed by atoms with Gasteiger partial charge < -0.3 is 14.4 Å². The molecule has 5 nitrogen and oxygen atoms in total. The van der Waals surface area contributed by atoms with Crippen molar-refractivity contribution in [3.8, 4) is 5.75 Å². The van der Waals surface area contributed by atoms with Crippen LogP contribution in [0.1, 0.15) is 30.9 Å². The fourth-order valence-corrected chi connectivity index (χ4v) is 4.85. The van der Waals surface area contributed by atoms with E-state index in [4.69, 9.17) is 9.47 Å². The van der Waals surface area contributed by atoms with Crippen LogP contribution < -0.4 is 4.74 Å². The number of fused-ring (bicyclic) bond motifs is 1. The summed E-state index contributed by atoms with van der Waals surface area (Å²) in [5, 5.41) is 0. The number of likely N-dealkylation sites (N-methyl/N-ethyl adjacent to an activating group) is 1. The third-order valence-corrected chi connectivity index (χ3v) is 6.28. The topological polar surface area (TPSA) is 55.8 Å². The Bertz CT molecular complexity index is 774. The number of para-hydroxylation sites is 1. The predicted octanol–water partition coefficient (Wildman–Crippen LogP) is 2.99. The first-order chi connectivity index (χ1) is 12.0. The van der Waals surface area contributed by atoms with Gasteiger partial charge in [-0.3, -0.25) is 9.59 Å². The average molecular weight is 406 g/mol. The van der Waals surface area contributed by atoms with Crippen LogP contribution in [0.5, 0.6) is 5.75 Å². The van der Waals surface area contributed by atoms with Crippen LogP contribution >= 0.6 is 15.9 Å². The van der Waals surface area contributed by atoms with Crippen LogP contribution in [-0.2, 0) is 14.3 Å². The number of benzene rings is 1. The van der Waals surface area contributed by atoms with Crippen molar-refractivity contribution in [3.63, 3.8) is 0 Å². The summed E-state index contributed by atoms with van der Waals surface area (Å²) < 4.78 is 11.5. The second-order valence-electron chi connectivity index (χ2n) is 6.84. The molecule has 1 fully saturated rings. The van der Waals surface area contributed by atoms with Crippen LogP contribution in [0.15, 0.2) is 35.6 Å². The number of hydrogen-bond donors (Lipinski definition) is 0. The van der Waals surface area contributed by atoms with Gasteiger partial charge >= 0.3 is 0 Å². The molecule has 4 atom stereocenters. The molecule has 0 spiro atoms. The molecule has 0 N–H and O–H groups in total. The molecule has 25 heavy (non-hydrogen) atoms. The number of amides is 1. The average Bonchev–Trinajstić information content (AvgIpc) is 2.87. The van der Waals surface area contributed by atoms with Crippen LogP contribution in [0.2, 0.25) is 0 Å². The van der Waals surface area contributed by atoms with Gasteiger partial charge in [-0.2, -0.15) is 0 Å². The van der Waals surface area contributed by atoms with E-state index in [0.717, 1.165) is 24.8 Å². The zero-order valence-electron chi connectivity index (χ0n) is 14.2. The lowest BCUT2D eigenvalue weighted by Gasteiger charge is -2.37. The van der Waals surface area contributed by atoms with Gasteiger partial charge in [0, 0.05) is 17.4 Å². The van der Waals surface area contributed by atoms with Crippen molar-refractivity contribution in [2.24, 2.45) is 5.92 Å². The van der Waals surface area contributed by atoms with E-state index < -0.39 is 6.04 Å². The number of nitrogens with zero attached hydrogens (tertiary/aromatic N) is 1. The first kappa shape index (κ1) is 16.6. The molecule has 132 valence electrons. The largest absolute Gasteiger partial charge is 0.496 e. The highest BCUT2D eigenvalue weighted by atomic mass is 79.9. The minimum Gasteiger partial charge on any atom is -0.496 e. The van der Waals surface area contributed by atoms with E-state index in [1.54, 1.807) is 19.1 Å². The third-order valence-electron chi connectivity index (χ3n) is 5.45. The standard InChI is InChI=1S/C19H20BrNO4/c1-21-16(11-5-3-4-6-13(11)24-2)15-17(22)12-9-10(20)7-8-14(12)25-18(15)19(21)23/h3-6,10,12,14,16H,7-9H2,1-2H3. The van der Waals surface area contributed by atoms with Gasteiger partial charge in [-0.15, -0.1) is 0 Å². The molecule has 0 saturated heterocycles. The van der Waals surface area contributed by atoms with E-state index >= 15 is 0 Å². The highest BCUT2D eigenvalue weighted by molar-refractivity contribution is 9.09. The Morgan fingerprint density at radius 2 is 2.00 bits per heavy atom.